The van der Waals surface area contributed by atoms with E-state index in [2.05, 4.69) is 15.5 Å². The Bertz CT molecular complexity index is 913. The predicted octanol–water partition coefficient (Wildman–Crippen LogP) is 2.93. The van der Waals surface area contributed by atoms with E-state index in [1.807, 2.05) is 6.92 Å². The summed E-state index contributed by atoms with van der Waals surface area (Å²) in [6.45, 7) is 1.87. The average Bonchev–Trinajstić information content (AvgIpc) is 3.02. The summed E-state index contributed by atoms with van der Waals surface area (Å²) in [5.41, 5.74) is -0.420. The van der Waals surface area contributed by atoms with E-state index in [-0.39, 0.29) is 25.8 Å². The fraction of sp³-hybridized carbons (Fsp3) is 0.308. The molecule has 0 spiro atoms. The van der Waals surface area contributed by atoms with Crippen LogP contribution >= 0.6 is 22.9 Å². The Balaban J connectivity index is 2.17. The number of anilines is 1. The lowest BCUT2D eigenvalue weighted by Gasteiger charge is -2.02. The number of nitrogens with zero attached hydrogens (tertiary/aromatic N) is 3. The normalized spacial score (nSPS) is 11.3. The molecule has 0 aliphatic heterocycles. The number of amides is 1. The smallest absolute Gasteiger partial charge is 0.288 e. The fourth-order valence-corrected chi connectivity index (χ4v) is 4.43. The molecule has 0 saturated carbocycles. The van der Waals surface area contributed by atoms with Gasteiger partial charge in [0.05, 0.1) is 10.7 Å². The van der Waals surface area contributed by atoms with Crippen molar-refractivity contribution in [3.63, 3.8) is 0 Å². The molecule has 1 aromatic carbocycles. The molecule has 0 fully saturated rings. The molecule has 0 aliphatic carbocycles. The van der Waals surface area contributed by atoms with Gasteiger partial charge in [-0.15, -0.1) is 10.2 Å². The summed E-state index contributed by atoms with van der Waals surface area (Å²) in [7, 11) is -3.54. The molecule has 1 aromatic heterocycles. The Morgan fingerprint density at radius 2 is 2.12 bits per heavy atom. The van der Waals surface area contributed by atoms with Crippen molar-refractivity contribution in [2.45, 2.75) is 24.1 Å². The summed E-state index contributed by atoms with van der Waals surface area (Å²) in [5.74, 6) is -0.733. The number of nitro groups is 1. The van der Waals surface area contributed by atoms with Crippen molar-refractivity contribution in [1.82, 2.24) is 10.2 Å². The van der Waals surface area contributed by atoms with Crippen molar-refractivity contribution >= 4 is 49.5 Å². The van der Waals surface area contributed by atoms with Crippen LogP contribution in [0.3, 0.4) is 0 Å². The monoisotopic (exact) mass is 404 g/mol. The first kappa shape index (κ1) is 19.2. The van der Waals surface area contributed by atoms with Gasteiger partial charge in [-0.05, 0) is 18.6 Å². The van der Waals surface area contributed by atoms with Crippen molar-refractivity contribution in [3.8, 4) is 0 Å². The molecule has 1 N–H and O–H groups in total. The Hall–Kier alpha value is -2.11. The zero-order valence-electron chi connectivity index (χ0n) is 12.9. The molecule has 1 heterocycles. The molecular weight excluding hydrogens is 392 g/mol. The number of sulfone groups is 1. The van der Waals surface area contributed by atoms with Crippen molar-refractivity contribution in [2.75, 3.05) is 11.1 Å². The SMILES string of the molecule is CCCCS(=O)(=O)c1nnc(NC(=O)c2ccc(Cl)c([N+](=O)[O-])c2)s1. The highest BCUT2D eigenvalue weighted by atomic mass is 35.5. The first-order valence-electron chi connectivity index (χ1n) is 7.06. The van der Waals surface area contributed by atoms with Crippen molar-refractivity contribution in [2.24, 2.45) is 0 Å². The summed E-state index contributed by atoms with van der Waals surface area (Å²) in [6, 6.07) is 3.57. The van der Waals surface area contributed by atoms with Crippen LogP contribution in [-0.4, -0.2) is 35.2 Å². The standard InChI is InChI=1S/C13H13ClN4O5S2/c1-2-3-6-25(22,23)13-17-16-12(24-13)15-11(19)8-4-5-9(14)10(7-8)18(20)21/h4-5,7H,2-3,6H2,1H3,(H,15,16,19). The summed E-state index contributed by atoms with van der Waals surface area (Å²) < 4.78 is 23.9. The molecular formula is C13H13ClN4O5S2. The molecule has 0 radical (unpaired) electrons. The number of hydrogen-bond donors (Lipinski definition) is 1. The Morgan fingerprint density at radius 1 is 1.40 bits per heavy atom. The van der Waals surface area contributed by atoms with Gasteiger partial charge < -0.3 is 0 Å². The van der Waals surface area contributed by atoms with Gasteiger partial charge in [-0.1, -0.05) is 36.3 Å². The quantitative estimate of drug-likeness (QED) is 0.426. The van der Waals surface area contributed by atoms with Gasteiger partial charge in [0.2, 0.25) is 19.3 Å². The van der Waals surface area contributed by atoms with Crippen LogP contribution < -0.4 is 5.32 Å². The molecule has 0 aliphatic rings. The second-order valence-corrected chi connectivity index (χ2v) is 8.59. The molecule has 0 bridgehead atoms. The maximum atomic E-state index is 12.1. The van der Waals surface area contributed by atoms with E-state index in [4.69, 9.17) is 11.6 Å². The molecule has 12 heteroatoms. The van der Waals surface area contributed by atoms with Gasteiger partial charge in [0, 0.05) is 11.6 Å². The van der Waals surface area contributed by atoms with Crippen LogP contribution in [0.5, 0.6) is 0 Å². The number of rotatable bonds is 7. The third kappa shape index (κ3) is 4.71. The highest BCUT2D eigenvalue weighted by Gasteiger charge is 2.21. The molecule has 25 heavy (non-hydrogen) atoms. The lowest BCUT2D eigenvalue weighted by atomic mass is 10.2. The second kappa shape index (κ2) is 7.85. The van der Waals surface area contributed by atoms with E-state index >= 15 is 0 Å². The highest BCUT2D eigenvalue weighted by Crippen LogP contribution is 2.26. The maximum absolute atomic E-state index is 12.1. The van der Waals surface area contributed by atoms with E-state index in [1.165, 1.54) is 12.1 Å². The Kier molecular flexibility index (Phi) is 6.03. The van der Waals surface area contributed by atoms with Gasteiger partial charge in [-0.2, -0.15) is 0 Å². The van der Waals surface area contributed by atoms with Crippen LogP contribution in [0.15, 0.2) is 22.5 Å². The summed E-state index contributed by atoms with van der Waals surface area (Å²) >= 11 is 6.42. The molecule has 0 atom stereocenters. The van der Waals surface area contributed by atoms with E-state index < -0.39 is 26.4 Å². The molecule has 1 amide bonds. The van der Waals surface area contributed by atoms with Crippen LogP contribution in [0, 0.1) is 10.1 Å². The first-order valence-corrected chi connectivity index (χ1v) is 9.91. The van der Waals surface area contributed by atoms with Crippen molar-refractivity contribution in [1.29, 1.82) is 0 Å². The summed E-state index contributed by atoms with van der Waals surface area (Å²) in [5, 5.41) is 20.3. The summed E-state index contributed by atoms with van der Waals surface area (Å²) in [4.78, 5) is 22.3. The fourth-order valence-electron chi connectivity index (χ4n) is 1.77. The molecule has 2 rings (SSSR count). The van der Waals surface area contributed by atoms with Crippen molar-refractivity contribution < 1.29 is 18.1 Å². The second-order valence-electron chi connectivity index (χ2n) is 4.92. The largest absolute Gasteiger partial charge is 0.296 e. The Labute approximate surface area is 152 Å². The average molecular weight is 405 g/mol. The molecule has 0 saturated heterocycles. The lowest BCUT2D eigenvalue weighted by Crippen LogP contribution is -2.12. The number of aromatic nitrogens is 2. The van der Waals surface area contributed by atoms with Gasteiger partial charge in [0.1, 0.15) is 5.02 Å². The number of unbranched alkanes of at least 4 members (excludes halogenated alkanes) is 1. The lowest BCUT2D eigenvalue weighted by molar-refractivity contribution is -0.384. The third-order valence-corrected chi connectivity index (χ3v) is 6.47. The first-order chi connectivity index (χ1) is 11.7. The third-order valence-electron chi connectivity index (χ3n) is 3.06. The number of carbonyl (C=O) groups excluding carboxylic acids is 1. The molecule has 2 aromatic rings. The number of hydrogen-bond acceptors (Lipinski definition) is 8. The number of halogens is 1. The topological polar surface area (TPSA) is 132 Å². The van der Waals surface area contributed by atoms with E-state index in [0.29, 0.717) is 6.42 Å². The zero-order chi connectivity index (χ0) is 18.6. The van der Waals surface area contributed by atoms with Crippen LogP contribution in [0.4, 0.5) is 10.8 Å². The van der Waals surface area contributed by atoms with Crippen LogP contribution in [-0.2, 0) is 9.84 Å². The van der Waals surface area contributed by atoms with Crippen LogP contribution in [0.1, 0.15) is 30.1 Å². The molecule has 134 valence electrons. The molecule has 0 unspecified atom stereocenters. The van der Waals surface area contributed by atoms with E-state index in [9.17, 15) is 23.3 Å². The minimum Gasteiger partial charge on any atom is -0.296 e. The zero-order valence-corrected chi connectivity index (χ0v) is 15.3. The number of benzene rings is 1. The van der Waals surface area contributed by atoms with Crippen LogP contribution in [0.2, 0.25) is 5.02 Å². The van der Waals surface area contributed by atoms with Gasteiger partial charge in [-0.3, -0.25) is 20.2 Å². The number of nitro benzene ring substituents is 1. The van der Waals surface area contributed by atoms with Gasteiger partial charge in [0.25, 0.3) is 11.6 Å². The molecule has 9 nitrogen and oxygen atoms in total. The minimum atomic E-state index is -3.54. The minimum absolute atomic E-state index is 0.0123. The van der Waals surface area contributed by atoms with Crippen LogP contribution in [0.25, 0.3) is 0 Å². The van der Waals surface area contributed by atoms with Gasteiger partial charge in [-0.25, -0.2) is 8.42 Å². The number of carbonyl (C=O) groups is 1. The summed E-state index contributed by atoms with van der Waals surface area (Å²) in [6.07, 6.45) is 1.22. The maximum Gasteiger partial charge on any atom is 0.288 e. The van der Waals surface area contributed by atoms with Gasteiger partial charge >= 0.3 is 0 Å². The van der Waals surface area contributed by atoms with E-state index in [1.54, 1.807) is 0 Å². The van der Waals surface area contributed by atoms with E-state index in [0.717, 1.165) is 23.8 Å². The Morgan fingerprint density at radius 3 is 2.76 bits per heavy atom. The highest BCUT2D eigenvalue weighted by molar-refractivity contribution is 7.93. The van der Waals surface area contributed by atoms with Crippen molar-refractivity contribution in [3.05, 3.63) is 38.9 Å². The predicted molar refractivity (Wildman–Crippen MR) is 92.9 cm³/mol. The van der Waals surface area contributed by atoms with Gasteiger partial charge in [0.15, 0.2) is 0 Å². The number of nitrogens with one attached hydrogen (secondary N) is 1.